The molecule has 8 heteroatoms. The number of morpholine rings is 1. The van der Waals surface area contributed by atoms with Crippen LogP contribution in [0.25, 0.3) is 5.57 Å². The molecule has 0 aromatic heterocycles. The van der Waals surface area contributed by atoms with E-state index < -0.39 is 18.0 Å². The maximum absolute atomic E-state index is 13.5. The van der Waals surface area contributed by atoms with Gasteiger partial charge in [0.15, 0.2) is 0 Å². The van der Waals surface area contributed by atoms with E-state index in [-0.39, 0.29) is 5.75 Å². The van der Waals surface area contributed by atoms with Crippen LogP contribution in [0.5, 0.6) is 11.5 Å². The van der Waals surface area contributed by atoms with Gasteiger partial charge < -0.3 is 14.2 Å². The predicted octanol–water partition coefficient (Wildman–Crippen LogP) is 7.31. The SMILES string of the molecule is C#CC1=C(c2cc(Cl)ccc2C)CCN(C(=O)Oc2ccc(F)cc2)C1c1ccc(OCCCCN2CCOCC2)cc1. The topological polar surface area (TPSA) is 51.2 Å². The van der Waals surface area contributed by atoms with Gasteiger partial charge >= 0.3 is 6.09 Å². The normalized spacial score (nSPS) is 17.4. The number of nitrogens with zero attached hydrogens (tertiary/aromatic N) is 2. The third-order valence-corrected chi connectivity index (χ3v) is 8.12. The van der Waals surface area contributed by atoms with Crippen molar-refractivity contribution in [1.82, 2.24) is 9.80 Å². The third kappa shape index (κ3) is 7.77. The summed E-state index contributed by atoms with van der Waals surface area (Å²) in [5, 5.41) is 0.616. The number of halogens is 2. The summed E-state index contributed by atoms with van der Waals surface area (Å²) in [6.07, 6.45) is 8.14. The van der Waals surface area contributed by atoms with Gasteiger partial charge in [-0.1, -0.05) is 35.7 Å². The summed E-state index contributed by atoms with van der Waals surface area (Å²) in [4.78, 5) is 17.6. The molecule has 2 aliphatic heterocycles. The van der Waals surface area contributed by atoms with Gasteiger partial charge in [-0.25, -0.2) is 9.18 Å². The predicted molar refractivity (Wildman–Crippen MR) is 167 cm³/mol. The first kappa shape index (κ1) is 30.6. The molecule has 1 unspecified atom stereocenters. The van der Waals surface area contributed by atoms with Crippen molar-refractivity contribution in [1.29, 1.82) is 0 Å². The molecule has 5 rings (SSSR count). The minimum Gasteiger partial charge on any atom is -0.494 e. The summed E-state index contributed by atoms with van der Waals surface area (Å²) in [5.41, 5.74) is 4.49. The van der Waals surface area contributed by atoms with Gasteiger partial charge in [0.25, 0.3) is 0 Å². The molecule has 1 saturated heterocycles. The molecule has 0 radical (unpaired) electrons. The van der Waals surface area contributed by atoms with E-state index in [2.05, 4.69) is 10.8 Å². The lowest BCUT2D eigenvalue weighted by Crippen LogP contribution is -2.41. The van der Waals surface area contributed by atoms with Crippen LogP contribution in [0, 0.1) is 25.1 Å². The lowest BCUT2D eigenvalue weighted by Gasteiger charge is -2.37. The Labute approximate surface area is 258 Å². The van der Waals surface area contributed by atoms with Gasteiger partial charge in [-0.05, 0) is 104 Å². The van der Waals surface area contributed by atoms with Crippen LogP contribution in [0.1, 0.15) is 42.0 Å². The Morgan fingerprint density at radius 3 is 2.47 bits per heavy atom. The fourth-order valence-electron chi connectivity index (χ4n) is 5.59. The molecule has 3 aromatic carbocycles. The molecule has 2 aliphatic rings. The first-order chi connectivity index (χ1) is 20.9. The Morgan fingerprint density at radius 2 is 1.74 bits per heavy atom. The molecule has 2 heterocycles. The van der Waals surface area contributed by atoms with Crippen molar-refractivity contribution in [2.75, 3.05) is 46.0 Å². The Morgan fingerprint density at radius 1 is 1.02 bits per heavy atom. The van der Waals surface area contributed by atoms with E-state index in [9.17, 15) is 9.18 Å². The summed E-state index contributed by atoms with van der Waals surface area (Å²) < 4.78 is 30.5. The quantitative estimate of drug-likeness (QED) is 0.190. The largest absolute Gasteiger partial charge is 0.494 e. The summed E-state index contributed by atoms with van der Waals surface area (Å²) in [6.45, 7) is 7.66. The monoisotopic (exact) mass is 602 g/mol. The van der Waals surface area contributed by atoms with Gasteiger partial charge in [-0.3, -0.25) is 9.80 Å². The number of hydrogen-bond donors (Lipinski definition) is 0. The number of ether oxygens (including phenoxy) is 3. The van der Waals surface area contributed by atoms with Gasteiger partial charge in [0.2, 0.25) is 0 Å². The molecular formula is C35H36ClFN2O4. The number of hydrogen-bond acceptors (Lipinski definition) is 5. The zero-order valence-electron chi connectivity index (χ0n) is 24.4. The van der Waals surface area contributed by atoms with Crippen molar-refractivity contribution in [2.24, 2.45) is 0 Å². The molecule has 0 spiro atoms. The Hall–Kier alpha value is -3.83. The van der Waals surface area contributed by atoms with Crippen LogP contribution in [0.2, 0.25) is 5.02 Å². The van der Waals surface area contributed by atoms with Crippen molar-refractivity contribution in [3.05, 3.63) is 99.8 Å². The average molecular weight is 603 g/mol. The van der Waals surface area contributed by atoms with Crippen molar-refractivity contribution >= 4 is 23.3 Å². The molecule has 6 nitrogen and oxygen atoms in total. The van der Waals surface area contributed by atoms with Crippen molar-refractivity contribution in [3.8, 4) is 23.8 Å². The molecule has 1 amide bonds. The lowest BCUT2D eigenvalue weighted by atomic mass is 9.84. The van der Waals surface area contributed by atoms with Crippen molar-refractivity contribution < 1.29 is 23.4 Å². The summed E-state index contributed by atoms with van der Waals surface area (Å²) in [5.74, 6) is 3.49. The highest BCUT2D eigenvalue weighted by Crippen LogP contribution is 2.41. The maximum Gasteiger partial charge on any atom is 0.416 e. The van der Waals surface area contributed by atoms with E-state index in [4.69, 9.17) is 32.2 Å². The molecule has 43 heavy (non-hydrogen) atoms. The zero-order valence-corrected chi connectivity index (χ0v) is 25.1. The molecule has 1 fully saturated rings. The minimum absolute atomic E-state index is 0.255. The number of benzene rings is 3. The molecule has 1 atom stereocenters. The highest BCUT2D eigenvalue weighted by atomic mass is 35.5. The van der Waals surface area contributed by atoms with E-state index in [1.54, 1.807) is 4.90 Å². The Balaban J connectivity index is 1.36. The van der Waals surface area contributed by atoms with Gasteiger partial charge in [0, 0.05) is 30.2 Å². The van der Waals surface area contributed by atoms with Gasteiger partial charge in [-0.15, -0.1) is 6.42 Å². The molecule has 224 valence electrons. The standard InChI is InChI=1S/C35H36ClFN2O4/c1-3-31-32(33-24-27(36)9-6-25(33)2)16-18-39(35(40)43-30-14-10-28(37)11-15-30)34(31)26-7-12-29(13-8-26)42-21-5-4-17-38-19-22-41-23-20-38/h1,6-15,24,34H,4-5,16-23H2,2H3. The Bertz CT molecular complexity index is 1480. The molecular weight excluding hydrogens is 567 g/mol. The summed E-state index contributed by atoms with van der Waals surface area (Å²) in [6, 6.07) is 18.2. The molecule has 0 aliphatic carbocycles. The molecule has 0 saturated carbocycles. The average Bonchev–Trinajstić information content (AvgIpc) is 3.03. The number of carbonyl (C=O) groups is 1. The summed E-state index contributed by atoms with van der Waals surface area (Å²) in [7, 11) is 0. The van der Waals surface area contributed by atoms with Crippen molar-refractivity contribution in [2.45, 2.75) is 32.2 Å². The van der Waals surface area contributed by atoms with Gasteiger partial charge in [-0.2, -0.15) is 0 Å². The van der Waals surface area contributed by atoms with Crippen LogP contribution < -0.4 is 9.47 Å². The minimum atomic E-state index is -0.567. The fraction of sp³-hybridized carbons (Fsp3) is 0.343. The first-order valence-electron chi connectivity index (χ1n) is 14.7. The van der Waals surface area contributed by atoms with Crippen LogP contribution in [0.4, 0.5) is 9.18 Å². The van der Waals surface area contributed by atoms with Crippen LogP contribution >= 0.6 is 11.6 Å². The van der Waals surface area contributed by atoms with Crippen LogP contribution in [0.3, 0.4) is 0 Å². The number of unbranched alkanes of at least 4 members (excludes halogenated alkanes) is 1. The number of amides is 1. The highest BCUT2D eigenvalue weighted by molar-refractivity contribution is 6.30. The number of aryl methyl sites for hydroxylation is 1. The fourth-order valence-corrected chi connectivity index (χ4v) is 5.76. The smallest absolute Gasteiger partial charge is 0.416 e. The third-order valence-electron chi connectivity index (χ3n) is 7.88. The van der Waals surface area contributed by atoms with Gasteiger partial charge in [0.1, 0.15) is 17.3 Å². The lowest BCUT2D eigenvalue weighted by molar-refractivity contribution is 0.0368. The molecule has 0 bridgehead atoms. The summed E-state index contributed by atoms with van der Waals surface area (Å²) >= 11 is 6.37. The second-order valence-corrected chi connectivity index (χ2v) is 11.2. The highest BCUT2D eigenvalue weighted by Gasteiger charge is 2.35. The van der Waals surface area contributed by atoms with E-state index in [1.165, 1.54) is 24.3 Å². The second kappa shape index (κ2) is 14.6. The van der Waals surface area contributed by atoms with Gasteiger partial charge in [0.05, 0.1) is 25.9 Å². The van der Waals surface area contributed by atoms with Crippen molar-refractivity contribution in [3.63, 3.8) is 0 Å². The first-order valence-corrected chi connectivity index (χ1v) is 15.0. The van der Waals surface area contributed by atoms with Crippen LogP contribution in [-0.2, 0) is 4.74 Å². The second-order valence-electron chi connectivity index (χ2n) is 10.7. The van der Waals surface area contributed by atoms with E-state index in [0.717, 1.165) is 73.7 Å². The number of carbonyl (C=O) groups excluding carboxylic acids is 1. The van der Waals surface area contributed by atoms with E-state index in [1.807, 2.05) is 49.4 Å². The zero-order chi connectivity index (χ0) is 30.2. The maximum atomic E-state index is 13.5. The van der Waals surface area contributed by atoms with Crippen LogP contribution in [0.15, 0.2) is 72.3 Å². The molecule has 3 aromatic rings. The van der Waals surface area contributed by atoms with E-state index >= 15 is 0 Å². The number of rotatable bonds is 9. The van der Waals surface area contributed by atoms with E-state index in [0.29, 0.717) is 30.2 Å². The molecule has 0 N–H and O–H groups in total. The Kier molecular flexibility index (Phi) is 10.4. The van der Waals surface area contributed by atoms with Crippen LogP contribution in [-0.4, -0.2) is 61.9 Å². The number of terminal acetylenes is 1.